The summed E-state index contributed by atoms with van der Waals surface area (Å²) in [5.41, 5.74) is 5.40. The minimum absolute atomic E-state index is 0.163. The molecule has 6 heteroatoms. The average molecular weight is 292 g/mol. The molecule has 21 heavy (non-hydrogen) atoms. The van der Waals surface area contributed by atoms with Gasteiger partial charge < -0.3 is 15.8 Å². The molecule has 0 unspecified atom stereocenters. The van der Waals surface area contributed by atoms with E-state index in [0.29, 0.717) is 12.2 Å². The fourth-order valence-electron chi connectivity index (χ4n) is 1.74. The van der Waals surface area contributed by atoms with Crippen LogP contribution in [0.4, 0.5) is 14.5 Å². The lowest BCUT2D eigenvalue weighted by Gasteiger charge is -2.10. The first-order valence-electron chi connectivity index (χ1n) is 6.28. The van der Waals surface area contributed by atoms with Gasteiger partial charge in [-0.1, -0.05) is 12.1 Å². The van der Waals surface area contributed by atoms with Gasteiger partial charge in [0.25, 0.3) is 5.91 Å². The number of nitrogens with one attached hydrogen (secondary N) is 1. The summed E-state index contributed by atoms with van der Waals surface area (Å²) in [4.78, 5) is 11.0. The highest BCUT2D eigenvalue weighted by atomic mass is 19.1. The molecule has 0 saturated carbocycles. The van der Waals surface area contributed by atoms with Gasteiger partial charge in [-0.3, -0.25) is 4.79 Å². The van der Waals surface area contributed by atoms with Crippen molar-refractivity contribution in [3.05, 3.63) is 59.7 Å². The molecule has 110 valence electrons. The van der Waals surface area contributed by atoms with E-state index in [1.165, 1.54) is 24.3 Å². The van der Waals surface area contributed by atoms with Gasteiger partial charge in [-0.2, -0.15) is 0 Å². The predicted octanol–water partition coefficient (Wildman–Crippen LogP) is 2.55. The van der Waals surface area contributed by atoms with Crippen molar-refractivity contribution in [3.8, 4) is 5.75 Å². The average Bonchev–Trinajstić information content (AvgIpc) is 2.46. The van der Waals surface area contributed by atoms with Crippen LogP contribution in [0.3, 0.4) is 0 Å². The molecule has 0 bridgehead atoms. The van der Waals surface area contributed by atoms with Gasteiger partial charge in [-0.15, -0.1) is 0 Å². The quantitative estimate of drug-likeness (QED) is 0.804. The number of carbonyl (C=O) groups excluding carboxylic acids is 1. The highest BCUT2D eigenvalue weighted by Crippen LogP contribution is 2.16. The van der Waals surface area contributed by atoms with E-state index >= 15 is 0 Å². The number of hydrogen-bond acceptors (Lipinski definition) is 3. The number of primary amides is 1. The van der Waals surface area contributed by atoms with Crippen LogP contribution in [0.5, 0.6) is 5.75 Å². The third-order valence-corrected chi connectivity index (χ3v) is 2.76. The molecule has 0 atom stereocenters. The number of anilines is 1. The van der Waals surface area contributed by atoms with Crippen molar-refractivity contribution in [2.24, 2.45) is 5.73 Å². The van der Waals surface area contributed by atoms with Crippen molar-refractivity contribution < 1.29 is 18.3 Å². The van der Waals surface area contributed by atoms with Crippen LogP contribution in [0.25, 0.3) is 0 Å². The van der Waals surface area contributed by atoms with E-state index in [9.17, 15) is 13.6 Å². The highest BCUT2D eigenvalue weighted by Gasteiger charge is 2.08. The Morgan fingerprint density at radius 3 is 2.62 bits per heavy atom. The molecule has 0 aliphatic heterocycles. The van der Waals surface area contributed by atoms with Crippen LogP contribution in [0.1, 0.15) is 10.4 Å². The second-order valence-corrected chi connectivity index (χ2v) is 4.26. The van der Waals surface area contributed by atoms with Crippen LogP contribution >= 0.6 is 0 Å². The molecule has 0 spiro atoms. The summed E-state index contributed by atoms with van der Waals surface area (Å²) in [5, 5.41) is 2.93. The number of para-hydroxylation sites is 1. The molecule has 4 nitrogen and oxygen atoms in total. The summed E-state index contributed by atoms with van der Waals surface area (Å²) in [5.74, 6) is -1.78. The lowest BCUT2D eigenvalue weighted by atomic mass is 10.2. The van der Waals surface area contributed by atoms with E-state index in [-0.39, 0.29) is 17.9 Å². The molecule has 2 aromatic carbocycles. The lowest BCUT2D eigenvalue weighted by molar-refractivity contribution is 0.0996. The second kappa shape index (κ2) is 6.69. The van der Waals surface area contributed by atoms with E-state index in [2.05, 4.69) is 5.32 Å². The topological polar surface area (TPSA) is 64.4 Å². The van der Waals surface area contributed by atoms with Gasteiger partial charge in [0.05, 0.1) is 5.56 Å². The van der Waals surface area contributed by atoms with Crippen LogP contribution in [0.2, 0.25) is 0 Å². The number of ether oxygens (including phenoxy) is 1. The summed E-state index contributed by atoms with van der Waals surface area (Å²) >= 11 is 0. The maximum atomic E-state index is 13.3. The van der Waals surface area contributed by atoms with Gasteiger partial charge >= 0.3 is 0 Å². The number of benzene rings is 2. The standard InChI is InChI=1S/C15H14F2N2O2/c16-12-6-5-10(9-11(12)15(18)20)19-7-8-21-14-4-2-1-3-13(14)17/h1-6,9,19H,7-8H2,(H2,18,20). The number of nitrogens with two attached hydrogens (primary N) is 1. The number of hydrogen-bond donors (Lipinski definition) is 2. The zero-order valence-corrected chi connectivity index (χ0v) is 11.1. The zero-order chi connectivity index (χ0) is 15.2. The van der Waals surface area contributed by atoms with Gasteiger partial charge in [0.1, 0.15) is 12.4 Å². The van der Waals surface area contributed by atoms with Crippen LogP contribution in [0.15, 0.2) is 42.5 Å². The minimum atomic E-state index is -0.834. The Morgan fingerprint density at radius 2 is 1.90 bits per heavy atom. The van der Waals surface area contributed by atoms with Crippen molar-refractivity contribution in [1.29, 1.82) is 0 Å². The second-order valence-electron chi connectivity index (χ2n) is 4.26. The van der Waals surface area contributed by atoms with Crippen molar-refractivity contribution >= 4 is 11.6 Å². The van der Waals surface area contributed by atoms with E-state index in [1.54, 1.807) is 12.1 Å². The number of carbonyl (C=O) groups is 1. The zero-order valence-electron chi connectivity index (χ0n) is 11.1. The van der Waals surface area contributed by atoms with E-state index in [1.807, 2.05) is 0 Å². The molecular weight excluding hydrogens is 278 g/mol. The molecule has 0 aromatic heterocycles. The van der Waals surface area contributed by atoms with Gasteiger partial charge in [-0.05, 0) is 30.3 Å². The van der Waals surface area contributed by atoms with E-state index in [4.69, 9.17) is 10.5 Å². The van der Waals surface area contributed by atoms with Gasteiger partial charge in [0.2, 0.25) is 0 Å². The molecule has 0 aliphatic carbocycles. The Bertz CT molecular complexity index is 647. The smallest absolute Gasteiger partial charge is 0.251 e. The molecule has 0 saturated heterocycles. The van der Waals surface area contributed by atoms with Crippen LogP contribution in [0, 0.1) is 11.6 Å². The third-order valence-electron chi connectivity index (χ3n) is 2.76. The van der Waals surface area contributed by atoms with Crippen molar-refractivity contribution in [2.75, 3.05) is 18.5 Å². The molecule has 2 aromatic rings. The maximum absolute atomic E-state index is 13.3. The van der Waals surface area contributed by atoms with Crippen molar-refractivity contribution in [3.63, 3.8) is 0 Å². The Kier molecular flexibility index (Phi) is 4.71. The van der Waals surface area contributed by atoms with Gasteiger partial charge in [0, 0.05) is 12.2 Å². The molecule has 3 N–H and O–H groups in total. The SMILES string of the molecule is NC(=O)c1cc(NCCOc2ccccc2F)ccc1F. The number of halogens is 2. The Labute approximate surface area is 120 Å². The Hall–Kier alpha value is -2.63. The molecule has 0 fully saturated rings. The summed E-state index contributed by atoms with van der Waals surface area (Å²) in [6.07, 6.45) is 0. The first kappa shape index (κ1) is 14.8. The van der Waals surface area contributed by atoms with Crippen LogP contribution < -0.4 is 15.8 Å². The molecule has 0 aliphatic rings. The predicted molar refractivity (Wildman–Crippen MR) is 75.3 cm³/mol. The number of amides is 1. The molecule has 0 heterocycles. The minimum Gasteiger partial charge on any atom is -0.489 e. The molecular formula is C15H14F2N2O2. The van der Waals surface area contributed by atoms with Gasteiger partial charge in [0.15, 0.2) is 11.6 Å². The van der Waals surface area contributed by atoms with E-state index in [0.717, 1.165) is 6.07 Å². The molecule has 1 amide bonds. The third kappa shape index (κ3) is 3.92. The first-order valence-corrected chi connectivity index (χ1v) is 6.28. The highest BCUT2D eigenvalue weighted by molar-refractivity contribution is 5.94. The van der Waals surface area contributed by atoms with Crippen molar-refractivity contribution in [1.82, 2.24) is 0 Å². The molecule has 2 rings (SSSR count). The maximum Gasteiger partial charge on any atom is 0.251 e. The largest absolute Gasteiger partial charge is 0.489 e. The Morgan fingerprint density at radius 1 is 1.14 bits per heavy atom. The normalized spacial score (nSPS) is 10.2. The van der Waals surface area contributed by atoms with Crippen LogP contribution in [-0.2, 0) is 0 Å². The monoisotopic (exact) mass is 292 g/mol. The van der Waals surface area contributed by atoms with Gasteiger partial charge in [-0.25, -0.2) is 8.78 Å². The summed E-state index contributed by atoms with van der Waals surface area (Å²) in [6, 6.07) is 10.0. The van der Waals surface area contributed by atoms with Crippen molar-refractivity contribution in [2.45, 2.75) is 0 Å². The van der Waals surface area contributed by atoms with Crippen LogP contribution in [-0.4, -0.2) is 19.1 Å². The first-order chi connectivity index (χ1) is 10.1. The fraction of sp³-hybridized carbons (Fsp3) is 0.133. The summed E-state index contributed by atoms with van der Waals surface area (Å²) in [6.45, 7) is 0.572. The summed E-state index contributed by atoms with van der Waals surface area (Å²) < 4.78 is 31.8. The lowest BCUT2D eigenvalue weighted by Crippen LogP contribution is -2.15. The Balaban J connectivity index is 1.88. The molecule has 0 radical (unpaired) electrons. The fourth-order valence-corrected chi connectivity index (χ4v) is 1.74. The van der Waals surface area contributed by atoms with E-state index < -0.39 is 17.5 Å². The summed E-state index contributed by atoms with van der Waals surface area (Å²) in [7, 11) is 0. The number of rotatable bonds is 6.